The smallest absolute Gasteiger partial charge is 0.271 e. The molecular weight excluding hydrogens is 316 g/mol. The molecule has 2 aromatic carbocycles. The first kappa shape index (κ1) is 18.5. The minimum atomic E-state index is -0.245. The van der Waals surface area contributed by atoms with E-state index in [2.05, 4.69) is 10.5 Å². The fourth-order valence-corrected chi connectivity index (χ4v) is 2.25. The van der Waals surface area contributed by atoms with E-state index in [1.807, 2.05) is 45.0 Å². The highest BCUT2D eigenvalue weighted by Gasteiger charge is 2.06. The Kier molecular flexibility index (Phi) is 6.57. The molecule has 0 spiro atoms. The monoisotopic (exact) mass is 340 g/mol. The zero-order valence-electron chi connectivity index (χ0n) is 15.1. The van der Waals surface area contributed by atoms with Crippen LogP contribution >= 0.6 is 0 Å². The number of nitrogens with zero attached hydrogens (tertiary/aromatic N) is 1. The molecule has 1 N–H and O–H groups in total. The van der Waals surface area contributed by atoms with Crippen molar-refractivity contribution < 1.29 is 14.3 Å². The molecule has 0 saturated carbocycles. The van der Waals surface area contributed by atoms with Crippen LogP contribution in [0.3, 0.4) is 0 Å². The van der Waals surface area contributed by atoms with Gasteiger partial charge in [0.25, 0.3) is 5.91 Å². The van der Waals surface area contributed by atoms with Crippen molar-refractivity contribution in [1.29, 1.82) is 0 Å². The average Bonchev–Trinajstić information content (AvgIpc) is 2.60. The molecule has 5 nitrogen and oxygen atoms in total. The number of ether oxygens (including phenoxy) is 2. The van der Waals surface area contributed by atoms with Crippen LogP contribution in [0.15, 0.2) is 53.6 Å². The van der Waals surface area contributed by atoms with E-state index in [4.69, 9.17) is 9.47 Å². The zero-order chi connectivity index (χ0) is 18.2. The molecule has 0 aliphatic carbocycles. The Bertz CT molecular complexity index is 720. The normalized spacial score (nSPS) is 11.3. The maximum absolute atomic E-state index is 12.1. The number of hydrogen-bond acceptors (Lipinski definition) is 4. The quantitative estimate of drug-likeness (QED) is 0.615. The fourth-order valence-electron chi connectivity index (χ4n) is 2.25. The molecule has 132 valence electrons. The summed E-state index contributed by atoms with van der Waals surface area (Å²) in [5, 5.41) is 4.16. The molecule has 0 aromatic heterocycles. The molecule has 0 atom stereocenters. The van der Waals surface area contributed by atoms with Crippen molar-refractivity contribution in [2.45, 2.75) is 33.3 Å². The lowest BCUT2D eigenvalue weighted by Gasteiger charge is -2.09. The Balaban J connectivity index is 1.91. The van der Waals surface area contributed by atoms with Gasteiger partial charge in [-0.25, -0.2) is 5.43 Å². The van der Waals surface area contributed by atoms with Gasteiger partial charge in [-0.3, -0.25) is 4.79 Å². The summed E-state index contributed by atoms with van der Waals surface area (Å²) in [4.78, 5) is 12.1. The molecule has 0 bridgehead atoms. The van der Waals surface area contributed by atoms with Gasteiger partial charge in [-0.05, 0) is 62.7 Å². The number of amides is 1. The molecule has 0 fully saturated rings. The van der Waals surface area contributed by atoms with Crippen LogP contribution in [0.4, 0.5) is 0 Å². The molecule has 0 aliphatic rings. The number of hydrazone groups is 1. The lowest BCUT2D eigenvalue weighted by Crippen LogP contribution is -2.19. The Labute approximate surface area is 148 Å². The van der Waals surface area contributed by atoms with Gasteiger partial charge in [-0.2, -0.15) is 5.10 Å². The number of carbonyl (C=O) groups is 1. The van der Waals surface area contributed by atoms with E-state index in [1.54, 1.807) is 31.4 Å². The summed E-state index contributed by atoms with van der Waals surface area (Å²) in [5.74, 6) is 1.31. The second-order valence-corrected chi connectivity index (χ2v) is 6.00. The highest BCUT2D eigenvalue weighted by atomic mass is 16.5. The van der Waals surface area contributed by atoms with E-state index >= 15 is 0 Å². The van der Waals surface area contributed by atoms with E-state index in [-0.39, 0.29) is 12.0 Å². The topological polar surface area (TPSA) is 59.9 Å². The van der Waals surface area contributed by atoms with Crippen LogP contribution in [-0.2, 0) is 6.42 Å². The molecule has 0 saturated heterocycles. The van der Waals surface area contributed by atoms with E-state index in [9.17, 15) is 4.79 Å². The van der Waals surface area contributed by atoms with Gasteiger partial charge in [0.05, 0.1) is 13.2 Å². The van der Waals surface area contributed by atoms with Crippen molar-refractivity contribution in [1.82, 2.24) is 5.43 Å². The van der Waals surface area contributed by atoms with E-state index < -0.39 is 0 Å². The summed E-state index contributed by atoms with van der Waals surface area (Å²) in [7, 11) is 1.64. The number of carbonyl (C=O) groups excluding carboxylic acids is 1. The first-order valence-corrected chi connectivity index (χ1v) is 8.21. The molecule has 0 radical (unpaired) electrons. The SMILES string of the molecule is COc1ccc(C/C(C)=N\NC(=O)c2ccc(OC(C)C)cc2)cc1. The Morgan fingerprint density at radius 3 is 2.20 bits per heavy atom. The Morgan fingerprint density at radius 2 is 1.64 bits per heavy atom. The predicted molar refractivity (Wildman–Crippen MR) is 99.5 cm³/mol. The highest BCUT2D eigenvalue weighted by Crippen LogP contribution is 2.14. The highest BCUT2D eigenvalue weighted by molar-refractivity contribution is 5.95. The number of hydrogen-bond donors (Lipinski definition) is 1. The third kappa shape index (κ3) is 5.95. The Hall–Kier alpha value is -2.82. The zero-order valence-corrected chi connectivity index (χ0v) is 15.1. The number of methoxy groups -OCH3 is 1. The van der Waals surface area contributed by atoms with Gasteiger partial charge in [-0.1, -0.05) is 12.1 Å². The van der Waals surface area contributed by atoms with Crippen molar-refractivity contribution in [2.75, 3.05) is 7.11 Å². The van der Waals surface area contributed by atoms with Gasteiger partial charge >= 0.3 is 0 Å². The minimum absolute atomic E-state index is 0.102. The Morgan fingerprint density at radius 1 is 1.04 bits per heavy atom. The van der Waals surface area contributed by atoms with Gasteiger partial charge in [0, 0.05) is 17.7 Å². The fraction of sp³-hybridized carbons (Fsp3) is 0.300. The molecule has 0 aliphatic heterocycles. The standard InChI is InChI=1S/C20H24N2O3/c1-14(2)25-19-11-7-17(8-12-19)20(23)22-21-15(3)13-16-5-9-18(24-4)10-6-16/h5-12,14H,13H2,1-4H3,(H,22,23)/b21-15-. The third-order valence-corrected chi connectivity index (χ3v) is 3.46. The first-order chi connectivity index (χ1) is 12.0. The second-order valence-electron chi connectivity index (χ2n) is 6.00. The van der Waals surface area contributed by atoms with Gasteiger partial charge in [0.2, 0.25) is 0 Å². The second kappa shape index (κ2) is 8.87. The number of benzene rings is 2. The van der Waals surface area contributed by atoms with Gasteiger partial charge in [-0.15, -0.1) is 0 Å². The molecule has 2 rings (SSSR count). The average molecular weight is 340 g/mol. The van der Waals surface area contributed by atoms with Gasteiger partial charge < -0.3 is 9.47 Å². The summed E-state index contributed by atoms with van der Waals surface area (Å²) in [6, 6.07) is 14.8. The molecular formula is C20H24N2O3. The molecule has 25 heavy (non-hydrogen) atoms. The van der Waals surface area contributed by atoms with Crippen molar-refractivity contribution in [3.8, 4) is 11.5 Å². The maximum atomic E-state index is 12.1. The van der Waals surface area contributed by atoms with Crippen molar-refractivity contribution in [3.63, 3.8) is 0 Å². The van der Waals surface area contributed by atoms with Gasteiger partial charge in [0.15, 0.2) is 0 Å². The molecule has 0 unspecified atom stereocenters. The summed E-state index contributed by atoms with van der Waals surface area (Å²) < 4.78 is 10.7. The van der Waals surface area contributed by atoms with Crippen LogP contribution in [0.2, 0.25) is 0 Å². The van der Waals surface area contributed by atoms with E-state index in [0.29, 0.717) is 12.0 Å². The molecule has 5 heteroatoms. The van der Waals surface area contributed by atoms with Crippen molar-refractivity contribution in [2.24, 2.45) is 5.10 Å². The lowest BCUT2D eigenvalue weighted by molar-refractivity contribution is 0.0954. The maximum Gasteiger partial charge on any atom is 0.271 e. The minimum Gasteiger partial charge on any atom is -0.497 e. The molecule has 0 heterocycles. The number of rotatable bonds is 7. The van der Waals surface area contributed by atoms with Crippen LogP contribution in [0, 0.1) is 0 Å². The van der Waals surface area contributed by atoms with E-state index in [1.165, 1.54) is 0 Å². The predicted octanol–water partition coefficient (Wildman–Crippen LogP) is 3.83. The summed E-state index contributed by atoms with van der Waals surface area (Å²) in [6.45, 7) is 5.80. The summed E-state index contributed by atoms with van der Waals surface area (Å²) in [5.41, 5.74) is 5.05. The van der Waals surface area contributed by atoms with Crippen LogP contribution in [0.1, 0.15) is 36.7 Å². The van der Waals surface area contributed by atoms with Crippen LogP contribution in [0.25, 0.3) is 0 Å². The molecule has 2 aromatic rings. The van der Waals surface area contributed by atoms with E-state index in [0.717, 1.165) is 22.8 Å². The molecule has 1 amide bonds. The third-order valence-electron chi connectivity index (χ3n) is 3.46. The largest absolute Gasteiger partial charge is 0.497 e. The van der Waals surface area contributed by atoms with Gasteiger partial charge in [0.1, 0.15) is 11.5 Å². The summed E-state index contributed by atoms with van der Waals surface area (Å²) in [6.07, 6.45) is 0.760. The van der Waals surface area contributed by atoms with Crippen molar-refractivity contribution >= 4 is 11.6 Å². The number of nitrogens with one attached hydrogen (secondary N) is 1. The van der Waals surface area contributed by atoms with Crippen LogP contribution < -0.4 is 14.9 Å². The lowest BCUT2D eigenvalue weighted by atomic mass is 10.1. The van der Waals surface area contributed by atoms with Crippen LogP contribution in [-0.4, -0.2) is 24.8 Å². The summed E-state index contributed by atoms with van der Waals surface area (Å²) >= 11 is 0. The first-order valence-electron chi connectivity index (χ1n) is 8.21. The van der Waals surface area contributed by atoms with Crippen molar-refractivity contribution in [3.05, 3.63) is 59.7 Å². The van der Waals surface area contributed by atoms with Crippen LogP contribution in [0.5, 0.6) is 11.5 Å².